The second-order valence-corrected chi connectivity index (χ2v) is 7.92. The van der Waals surface area contributed by atoms with Crippen molar-refractivity contribution in [1.29, 1.82) is 0 Å². The summed E-state index contributed by atoms with van der Waals surface area (Å²) in [7, 11) is 0. The molecule has 3 aromatic carbocycles. The molecule has 0 spiro atoms. The fourth-order valence-electron chi connectivity index (χ4n) is 3.96. The van der Waals surface area contributed by atoms with Crippen molar-refractivity contribution in [2.75, 3.05) is 25.1 Å². The summed E-state index contributed by atoms with van der Waals surface area (Å²) in [5.74, 6) is -1.10. The van der Waals surface area contributed by atoms with Crippen molar-refractivity contribution in [2.24, 2.45) is 0 Å². The quantitative estimate of drug-likeness (QED) is 0.541. The van der Waals surface area contributed by atoms with E-state index < -0.39 is 24.4 Å². The summed E-state index contributed by atoms with van der Waals surface area (Å²) in [6, 6.07) is 23.4. The average molecular weight is 459 g/mol. The van der Waals surface area contributed by atoms with Gasteiger partial charge >= 0.3 is 5.97 Å². The molecular weight excluding hydrogens is 432 g/mol. The molecule has 3 aromatic rings. The number of benzene rings is 3. The second-order valence-electron chi connectivity index (χ2n) is 7.92. The summed E-state index contributed by atoms with van der Waals surface area (Å²) < 4.78 is 10.7. The molecule has 1 aliphatic rings. The van der Waals surface area contributed by atoms with Crippen LogP contribution >= 0.6 is 0 Å². The number of fused-ring (bicyclic) bond motifs is 1. The number of carbonyl (C=O) groups is 3. The summed E-state index contributed by atoms with van der Waals surface area (Å²) in [4.78, 5) is 40.0. The first kappa shape index (κ1) is 23.0. The van der Waals surface area contributed by atoms with E-state index in [1.54, 1.807) is 53.4 Å². The normalized spacial score (nSPS) is 14.6. The van der Waals surface area contributed by atoms with E-state index in [0.29, 0.717) is 30.2 Å². The van der Waals surface area contributed by atoms with E-state index in [-0.39, 0.29) is 12.5 Å². The lowest BCUT2D eigenvalue weighted by Crippen LogP contribution is -2.41. The third-order valence-electron chi connectivity index (χ3n) is 5.58. The van der Waals surface area contributed by atoms with Crippen LogP contribution in [-0.2, 0) is 20.9 Å². The van der Waals surface area contributed by atoms with E-state index in [0.717, 1.165) is 11.1 Å². The van der Waals surface area contributed by atoms with Crippen LogP contribution in [0.5, 0.6) is 5.75 Å². The molecule has 1 N–H and O–H groups in total. The van der Waals surface area contributed by atoms with Gasteiger partial charge in [-0.15, -0.1) is 0 Å². The Kier molecular flexibility index (Phi) is 7.22. The molecule has 0 bridgehead atoms. The van der Waals surface area contributed by atoms with E-state index in [9.17, 15) is 14.4 Å². The van der Waals surface area contributed by atoms with Gasteiger partial charge in [0.05, 0.1) is 12.5 Å². The Bertz CT molecular complexity index is 1160. The number of rotatable bonds is 7. The van der Waals surface area contributed by atoms with Gasteiger partial charge in [0.25, 0.3) is 11.8 Å². The van der Waals surface area contributed by atoms with Crippen LogP contribution in [-0.4, -0.2) is 42.4 Å². The zero-order valence-corrected chi connectivity index (χ0v) is 18.9. The van der Waals surface area contributed by atoms with Crippen LogP contribution in [0.15, 0.2) is 78.9 Å². The number of nitrogens with zero attached hydrogens (tertiary/aromatic N) is 1. The minimum atomic E-state index is -0.670. The molecule has 4 rings (SSSR count). The second kappa shape index (κ2) is 10.7. The largest absolute Gasteiger partial charge is 0.494 e. The van der Waals surface area contributed by atoms with Crippen LogP contribution < -0.4 is 10.1 Å². The van der Waals surface area contributed by atoms with Gasteiger partial charge in [0.2, 0.25) is 0 Å². The highest BCUT2D eigenvalue weighted by molar-refractivity contribution is 5.96. The van der Waals surface area contributed by atoms with Crippen molar-refractivity contribution in [3.05, 3.63) is 95.6 Å². The van der Waals surface area contributed by atoms with Crippen LogP contribution in [0.4, 0.5) is 5.69 Å². The molecule has 0 aliphatic carbocycles. The SMILES string of the molecule is CCOc1ccc(NC(=O)COC(=O)[C@@H]2CN(C(=O)c3ccccc3)Cc3ccccc32)cc1. The van der Waals surface area contributed by atoms with E-state index in [4.69, 9.17) is 9.47 Å². The van der Waals surface area contributed by atoms with E-state index >= 15 is 0 Å². The topological polar surface area (TPSA) is 84.9 Å². The monoisotopic (exact) mass is 458 g/mol. The molecule has 1 atom stereocenters. The molecule has 0 saturated heterocycles. The zero-order chi connectivity index (χ0) is 23.9. The van der Waals surface area contributed by atoms with E-state index in [2.05, 4.69) is 5.32 Å². The Morgan fingerprint density at radius 1 is 0.941 bits per heavy atom. The Labute approximate surface area is 198 Å². The van der Waals surface area contributed by atoms with Gasteiger partial charge in [-0.25, -0.2) is 0 Å². The number of carbonyl (C=O) groups excluding carboxylic acids is 3. The highest BCUT2D eigenvalue weighted by atomic mass is 16.5. The number of esters is 1. The van der Waals surface area contributed by atoms with E-state index in [1.165, 1.54) is 0 Å². The Hall–Kier alpha value is -4.13. The molecule has 1 heterocycles. The lowest BCUT2D eigenvalue weighted by molar-refractivity contribution is -0.149. The van der Waals surface area contributed by atoms with Crippen LogP contribution in [0.3, 0.4) is 0 Å². The Morgan fingerprint density at radius 3 is 2.38 bits per heavy atom. The van der Waals surface area contributed by atoms with Crippen molar-refractivity contribution in [3.8, 4) is 5.75 Å². The summed E-state index contributed by atoms with van der Waals surface area (Å²) in [6.45, 7) is 2.62. The highest BCUT2D eigenvalue weighted by Gasteiger charge is 2.34. The number of amides is 2. The van der Waals surface area contributed by atoms with Crippen molar-refractivity contribution in [1.82, 2.24) is 4.90 Å². The minimum Gasteiger partial charge on any atom is -0.494 e. The van der Waals surface area contributed by atoms with Gasteiger partial charge in [0.15, 0.2) is 6.61 Å². The molecule has 2 amide bonds. The fourth-order valence-corrected chi connectivity index (χ4v) is 3.96. The molecule has 7 heteroatoms. The number of hydrogen-bond acceptors (Lipinski definition) is 5. The zero-order valence-electron chi connectivity index (χ0n) is 18.9. The molecule has 7 nitrogen and oxygen atoms in total. The lowest BCUT2D eigenvalue weighted by Gasteiger charge is -2.33. The van der Waals surface area contributed by atoms with Crippen molar-refractivity contribution in [2.45, 2.75) is 19.4 Å². The van der Waals surface area contributed by atoms with Crippen LogP contribution in [0.2, 0.25) is 0 Å². The third kappa shape index (κ3) is 5.43. The minimum absolute atomic E-state index is 0.152. The van der Waals surface area contributed by atoms with Gasteiger partial charge in [-0.05, 0) is 54.4 Å². The first-order valence-corrected chi connectivity index (χ1v) is 11.2. The van der Waals surface area contributed by atoms with Gasteiger partial charge in [-0.1, -0.05) is 42.5 Å². The third-order valence-corrected chi connectivity index (χ3v) is 5.58. The maximum absolute atomic E-state index is 13.0. The fraction of sp³-hybridized carbons (Fsp3) is 0.222. The van der Waals surface area contributed by atoms with Gasteiger partial charge < -0.3 is 19.7 Å². The number of hydrogen-bond donors (Lipinski definition) is 1. The summed E-state index contributed by atoms with van der Waals surface area (Å²) >= 11 is 0. The summed E-state index contributed by atoms with van der Waals surface area (Å²) in [6.07, 6.45) is 0. The molecule has 0 aromatic heterocycles. The van der Waals surface area contributed by atoms with Crippen LogP contribution in [0.1, 0.15) is 34.3 Å². The molecule has 0 unspecified atom stereocenters. The van der Waals surface area contributed by atoms with Crippen molar-refractivity contribution in [3.63, 3.8) is 0 Å². The van der Waals surface area contributed by atoms with Gasteiger partial charge in [0.1, 0.15) is 5.75 Å². The molecule has 0 radical (unpaired) electrons. The predicted molar refractivity (Wildman–Crippen MR) is 128 cm³/mol. The molecule has 34 heavy (non-hydrogen) atoms. The van der Waals surface area contributed by atoms with Gasteiger partial charge in [0, 0.05) is 24.3 Å². The average Bonchev–Trinajstić information content (AvgIpc) is 2.88. The standard InChI is InChI=1S/C27H26N2O5/c1-2-33-22-14-12-21(13-15-22)28-25(30)18-34-27(32)24-17-29(16-20-10-6-7-11-23(20)24)26(31)19-8-4-3-5-9-19/h3-15,24H,2,16-18H2,1H3,(H,28,30)/t24-/m1/s1. The summed E-state index contributed by atoms with van der Waals surface area (Å²) in [5.41, 5.74) is 2.84. The molecule has 0 fully saturated rings. The Balaban J connectivity index is 1.41. The van der Waals surface area contributed by atoms with Crippen LogP contribution in [0, 0.1) is 0 Å². The van der Waals surface area contributed by atoms with E-state index in [1.807, 2.05) is 37.3 Å². The molecule has 1 aliphatic heterocycles. The predicted octanol–water partition coefficient (Wildman–Crippen LogP) is 4.01. The van der Waals surface area contributed by atoms with Crippen LogP contribution in [0.25, 0.3) is 0 Å². The molecule has 0 saturated carbocycles. The molecular formula is C27H26N2O5. The molecule has 174 valence electrons. The maximum Gasteiger partial charge on any atom is 0.315 e. The maximum atomic E-state index is 13.0. The van der Waals surface area contributed by atoms with Gasteiger partial charge in [-0.3, -0.25) is 14.4 Å². The first-order chi connectivity index (χ1) is 16.5. The smallest absolute Gasteiger partial charge is 0.315 e. The Morgan fingerprint density at radius 2 is 1.65 bits per heavy atom. The lowest BCUT2D eigenvalue weighted by atomic mass is 9.89. The summed E-state index contributed by atoms with van der Waals surface area (Å²) in [5, 5.41) is 2.70. The van der Waals surface area contributed by atoms with Gasteiger partial charge in [-0.2, -0.15) is 0 Å². The highest BCUT2D eigenvalue weighted by Crippen LogP contribution is 2.30. The number of anilines is 1. The van der Waals surface area contributed by atoms with Crippen molar-refractivity contribution < 1.29 is 23.9 Å². The number of nitrogens with one attached hydrogen (secondary N) is 1. The number of ether oxygens (including phenoxy) is 2. The van der Waals surface area contributed by atoms with Crippen molar-refractivity contribution >= 4 is 23.5 Å². The first-order valence-electron chi connectivity index (χ1n) is 11.2.